The lowest BCUT2D eigenvalue weighted by Gasteiger charge is -2.38. The Morgan fingerprint density at radius 3 is 3.07 bits per heavy atom. The number of rotatable bonds is 7. The first-order chi connectivity index (χ1) is 13.3. The van der Waals surface area contributed by atoms with Crippen LogP contribution in [-0.4, -0.2) is 30.8 Å². The number of hydrogen-bond acceptors (Lipinski definition) is 5. The minimum atomic E-state index is 0.145. The van der Waals surface area contributed by atoms with Crippen LogP contribution in [0.1, 0.15) is 60.6 Å². The Labute approximate surface area is 166 Å². The van der Waals surface area contributed by atoms with E-state index >= 15 is 0 Å². The Hall–Kier alpha value is -1.43. The molecule has 3 heterocycles. The first-order valence-corrected chi connectivity index (χ1v) is 11.1. The highest BCUT2D eigenvalue weighted by molar-refractivity contribution is 7.10. The molecule has 0 aromatic carbocycles. The van der Waals surface area contributed by atoms with Crippen LogP contribution >= 0.6 is 11.3 Å². The van der Waals surface area contributed by atoms with E-state index in [-0.39, 0.29) is 5.60 Å². The largest absolute Gasteiger partial charge is 0.496 e. The van der Waals surface area contributed by atoms with Gasteiger partial charge in [-0.05, 0) is 61.7 Å². The van der Waals surface area contributed by atoms with Gasteiger partial charge in [0, 0.05) is 31.0 Å². The van der Waals surface area contributed by atoms with Crippen LogP contribution in [-0.2, 0) is 17.7 Å². The lowest BCUT2D eigenvalue weighted by molar-refractivity contribution is -0.0809. The van der Waals surface area contributed by atoms with E-state index in [2.05, 4.69) is 22.8 Å². The molecule has 2 aromatic heterocycles. The van der Waals surface area contributed by atoms with Gasteiger partial charge in [0.2, 0.25) is 0 Å². The molecule has 2 fully saturated rings. The van der Waals surface area contributed by atoms with E-state index in [0.29, 0.717) is 5.92 Å². The van der Waals surface area contributed by atoms with Gasteiger partial charge in [-0.1, -0.05) is 18.9 Å². The van der Waals surface area contributed by atoms with E-state index in [1.54, 1.807) is 18.4 Å². The number of thiophene rings is 1. The Kier molecular flexibility index (Phi) is 6.11. The molecule has 146 valence electrons. The number of nitrogens with one attached hydrogen (secondary N) is 1. The molecular formula is C22H30N2O2S. The van der Waals surface area contributed by atoms with Crippen molar-refractivity contribution in [3.05, 3.63) is 45.9 Å². The van der Waals surface area contributed by atoms with E-state index in [1.165, 1.54) is 41.8 Å². The zero-order valence-electron chi connectivity index (χ0n) is 16.2. The van der Waals surface area contributed by atoms with E-state index in [0.717, 1.165) is 44.7 Å². The van der Waals surface area contributed by atoms with Crippen molar-refractivity contribution in [2.24, 2.45) is 0 Å². The van der Waals surface area contributed by atoms with Gasteiger partial charge in [0.15, 0.2) is 0 Å². The zero-order chi connectivity index (χ0) is 18.5. The molecule has 1 unspecified atom stereocenters. The van der Waals surface area contributed by atoms with Crippen molar-refractivity contribution in [3.63, 3.8) is 0 Å². The molecule has 4 rings (SSSR count). The van der Waals surface area contributed by atoms with Crippen LogP contribution in [0.4, 0.5) is 0 Å². The molecule has 0 amide bonds. The summed E-state index contributed by atoms with van der Waals surface area (Å²) in [5, 5.41) is 5.65. The summed E-state index contributed by atoms with van der Waals surface area (Å²) >= 11 is 1.74. The maximum absolute atomic E-state index is 6.23. The number of hydrogen-bond donors (Lipinski definition) is 1. The van der Waals surface area contributed by atoms with Gasteiger partial charge in [-0.15, -0.1) is 11.3 Å². The van der Waals surface area contributed by atoms with Crippen LogP contribution < -0.4 is 10.1 Å². The highest BCUT2D eigenvalue weighted by Gasteiger charge is 2.40. The van der Waals surface area contributed by atoms with Gasteiger partial charge in [0.1, 0.15) is 5.75 Å². The third-order valence-corrected chi connectivity index (χ3v) is 7.00. The van der Waals surface area contributed by atoms with Crippen LogP contribution in [0.15, 0.2) is 29.8 Å². The van der Waals surface area contributed by atoms with Crippen LogP contribution in [0.25, 0.3) is 0 Å². The molecule has 1 N–H and O–H groups in total. The summed E-state index contributed by atoms with van der Waals surface area (Å²) < 4.78 is 11.6. The molecule has 1 atom stereocenters. The first-order valence-electron chi connectivity index (χ1n) is 10.2. The van der Waals surface area contributed by atoms with Gasteiger partial charge in [-0.2, -0.15) is 0 Å². The fourth-order valence-electron chi connectivity index (χ4n) is 4.72. The summed E-state index contributed by atoms with van der Waals surface area (Å²) in [6.45, 7) is 2.70. The van der Waals surface area contributed by atoms with Gasteiger partial charge in [0.05, 0.1) is 17.6 Å². The van der Waals surface area contributed by atoms with Gasteiger partial charge in [-0.3, -0.25) is 4.98 Å². The molecule has 1 saturated carbocycles. The average Bonchev–Trinajstić information content (AvgIpc) is 3.35. The summed E-state index contributed by atoms with van der Waals surface area (Å²) in [7, 11) is 1.73. The summed E-state index contributed by atoms with van der Waals surface area (Å²) in [6, 6.07) is 6.36. The van der Waals surface area contributed by atoms with Gasteiger partial charge < -0.3 is 14.8 Å². The summed E-state index contributed by atoms with van der Waals surface area (Å²) in [6.07, 6.45) is 10.3. The van der Waals surface area contributed by atoms with Crippen molar-refractivity contribution in [2.45, 2.75) is 63.0 Å². The Morgan fingerprint density at radius 2 is 2.22 bits per heavy atom. The van der Waals surface area contributed by atoms with Gasteiger partial charge >= 0.3 is 0 Å². The molecule has 0 bridgehead atoms. The molecular weight excluding hydrogens is 356 g/mol. The lowest BCUT2D eigenvalue weighted by Crippen LogP contribution is -2.37. The van der Waals surface area contributed by atoms with Crippen molar-refractivity contribution < 1.29 is 9.47 Å². The number of nitrogens with zero attached hydrogens (tertiary/aromatic N) is 1. The number of methoxy groups -OCH3 is 1. The quantitative estimate of drug-likeness (QED) is 0.701. The van der Waals surface area contributed by atoms with E-state index in [4.69, 9.17) is 14.5 Å². The Bertz CT molecular complexity index is 739. The van der Waals surface area contributed by atoms with E-state index in [9.17, 15) is 0 Å². The predicted octanol–water partition coefficient (Wildman–Crippen LogP) is 4.69. The highest BCUT2D eigenvalue weighted by Crippen LogP contribution is 2.45. The lowest BCUT2D eigenvalue weighted by atomic mass is 9.81. The van der Waals surface area contributed by atoms with Gasteiger partial charge in [-0.25, -0.2) is 0 Å². The minimum absolute atomic E-state index is 0.145. The van der Waals surface area contributed by atoms with E-state index in [1.807, 2.05) is 12.3 Å². The standard InChI is InChI=1S/C22H30N2O2S/c1-25-19-8-14-27-20(19)16-23-12-6-17-5-4-11-24-21(17)18-7-13-26-22(15-18)9-2-3-10-22/h4-5,8,11,14,18,23H,2-3,6-7,9-10,12-13,15-16H2,1H3. The first kappa shape index (κ1) is 18.9. The van der Waals surface area contributed by atoms with Crippen LogP contribution in [0, 0.1) is 0 Å². The third kappa shape index (κ3) is 4.36. The van der Waals surface area contributed by atoms with Crippen molar-refractivity contribution >= 4 is 11.3 Å². The van der Waals surface area contributed by atoms with Crippen molar-refractivity contribution in [1.29, 1.82) is 0 Å². The molecule has 1 aliphatic carbocycles. The van der Waals surface area contributed by atoms with Crippen LogP contribution in [0.3, 0.4) is 0 Å². The molecule has 1 aliphatic heterocycles. The van der Waals surface area contributed by atoms with Crippen molar-refractivity contribution in [2.75, 3.05) is 20.3 Å². The second-order valence-corrected chi connectivity index (χ2v) is 8.82. The Balaban J connectivity index is 1.36. The smallest absolute Gasteiger partial charge is 0.134 e. The average molecular weight is 387 g/mol. The molecule has 0 radical (unpaired) electrons. The normalized spacial score (nSPS) is 21.6. The van der Waals surface area contributed by atoms with E-state index < -0.39 is 0 Å². The van der Waals surface area contributed by atoms with Crippen LogP contribution in [0.2, 0.25) is 0 Å². The maximum atomic E-state index is 6.23. The Morgan fingerprint density at radius 1 is 1.33 bits per heavy atom. The minimum Gasteiger partial charge on any atom is -0.496 e. The molecule has 4 nitrogen and oxygen atoms in total. The number of pyridine rings is 1. The molecule has 1 spiro atoms. The van der Waals surface area contributed by atoms with Crippen LogP contribution in [0.5, 0.6) is 5.75 Å². The fraction of sp³-hybridized carbons (Fsp3) is 0.591. The predicted molar refractivity (Wildman–Crippen MR) is 110 cm³/mol. The molecule has 2 aromatic rings. The molecule has 2 aliphatic rings. The summed E-state index contributed by atoms with van der Waals surface area (Å²) in [4.78, 5) is 6.07. The third-order valence-electron chi connectivity index (χ3n) is 6.10. The zero-order valence-corrected chi connectivity index (χ0v) is 17.0. The van der Waals surface area contributed by atoms with Gasteiger partial charge in [0.25, 0.3) is 0 Å². The second-order valence-electron chi connectivity index (χ2n) is 7.81. The summed E-state index contributed by atoms with van der Waals surface area (Å²) in [5.41, 5.74) is 2.84. The molecule has 5 heteroatoms. The SMILES string of the molecule is COc1ccsc1CNCCc1cccnc1C1CCOC2(CCCC2)C1. The highest BCUT2D eigenvalue weighted by atomic mass is 32.1. The number of aromatic nitrogens is 1. The van der Waals surface area contributed by atoms with Crippen molar-refractivity contribution in [3.8, 4) is 5.75 Å². The molecule has 27 heavy (non-hydrogen) atoms. The maximum Gasteiger partial charge on any atom is 0.134 e. The topological polar surface area (TPSA) is 43.4 Å². The second kappa shape index (κ2) is 8.72. The van der Waals surface area contributed by atoms with Crippen molar-refractivity contribution in [1.82, 2.24) is 10.3 Å². The molecule has 1 saturated heterocycles. The monoisotopic (exact) mass is 386 g/mol. The number of ether oxygens (including phenoxy) is 2. The summed E-state index contributed by atoms with van der Waals surface area (Å²) in [5.74, 6) is 1.53. The fourth-order valence-corrected chi connectivity index (χ4v) is 5.53.